The molecule has 1 unspecified atom stereocenters. The summed E-state index contributed by atoms with van der Waals surface area (Å²) in [5, 5.41) is 0. The van der Waals surface area contributed by atoms with E-state index < -0.39 is 12.0 Å². The first-order chi connectivity index (χ1) is 10.2. The maximum atomic E-state index is 12.7. The van der Waals surface area contributed by atoms with E-state index in [1.807, 2.05) is 11.8 Å². The highest BCUT2D eigenvalue weighted by atomic mass is 32.2. The first-order valence-electron chi connectivity index (χ1n) is 6.72. The Morgan fingerprint density at radius 3 is 2.86 bits per heavy atom. The minimum Gasteiger partial charge on any atom is -0.467 e. The van der Waals surface area contributed by atoms with Crippen LogP contribution in [-0.4, -0.2) is 63.5 Å². The van der Waals surface area contributed by atoms with Gasteiger partial charge in [-0.05, 0) is 0 Å². The monoisotopic (exact) mass is 308 g/mol. The van der Waals surface area contributed by atoms with Gasteiger partial charge in [-0.3, -0.25) is 0 Å². The number of carbonyl (C=O) groups is 2. The van der Waals surface area contributed by atoms with Gasteiger partial charge in [0.25, 0.3) is 0 Å². The van der Waals surface area contributed by atoms with Crippen LogP contribution >= 0.6 is 11.8 Å². The third-order valence-electron chi connectivity index (χ3n) is 3.71. The van der Waals surface area contributed by atoms with Crippen molar-refractivity contribution in [2.75, 3.05) is 31.7 Å². The number of thioether (sulfide) groups is 1. The van der Waals surface area contributed by atoms with Crippen molar-refractivity contribution >= 4 is 23.8 Å². The molecule has 1 saturated heterocycles. The zero-order valence-electron chi connectivity index (χ0n) is 11.7. The number of amides is 2. The predicted molar refractivity (Wildman–Crippen MR) is 76.6 cm³/mol. The molecule has 8 heteroatoms. The number of aromatic nitrogens is 2. The summed E-state index contributed by atoms with van der Waals surface area (Å²) in [6.07, 6.45) is 3.02. The predicted octanol–water partition coefficient (Wildman–Crippen LogP) is 0.675. The number of methoxy groups -OCH3 is 1. The molecule has 21 heavy (non-hydrogen) atoms. The normalized spacial score (nSPS) is 21.1. The van der Waals surface area contributed by atoms with Crippen LogP contribution in [-0.2, 0) is 16.1 Å². The molecule has 0 bridgehead atoms. The quantitative estimate of drug-likeness (QED) is 0.710. The van der Waals surface area contributed by atoms with Crippen molar-refractivity contribution < 1.29 is 14.3 Å². The molecule has 3 heterocycles. The summed E-state index contributed by atoms with van der Waals surface area (Å²) in [5.74, 6) is 1.40. The minimum atomic E-state index is -0.742. The molecule has 3 rings (SSSR count). The van der Waals surface area contributed by atoms with Crippen LogP contribution in [0.4, 0.5) is 4.79 Å². The smallest absolute Gasteiger partial charge is 0.333 e. The second kappa shape index (κ2) is 5.88. The van der Waals surface area contributed by atoms with Gasteiger partial charge in [0.1, 0.15) is 6.33 Å². The minimum absolute atomic E-state index is 0.135. The lowest BCUT2D eigenvalue weighted by atomic mass is 10.1. The number of fused-ring (bicyclic) bond motifs is 1. The number of carbonyl (C=O) groups excluding carboxylic acids is 2. The lowest BCUT2D eigenvalue weighted by molar-refractivity contribution is -0.146. The zero-order chi connectivity index (χ0) is 14.8. The van der Waals surface area contributed by atoms with Gasteiger partial charge in [-0.15, -0.1) is 0 Å². The second-order valence-corrected chi connectivity index (χ2v) is 6.09. The average Bonchev–Trinajstić information content (AvgIpc) is 2.93. The Hall–Kier alpha value is -1.83. The van der Waals surface area contributed by atoms with Gasteiger partial charge >= 0.3 is 12.0 Å². The van der Waals surface area contributed by atoms with Gasteiger partial charge in [0.15, 0.2) is 6.04 Å². The molecule has 112 valence electrons. The van der Waals surface area contributed by atoms with Gasteiger partial charge in [-0.25, -0.2) is 19.6 Å². The molecular weight excluding hydrogens is 292 g/mol. The van der Waals surface area contributed by atoms with Gasteiger partial charge in [-0.2, -0.15) is 11.8 Å². The van der Waals surface area contributed by atoms with Gasteiger partial charge in [-0.1, -0.05) is 0 Å². The molecule has 0 saturated carbocycles. The number of hydrogen-bond acceptors (Lipinski definition) is 6. The van der Waals surface area contributed by atoms with Crippen molar-refractivity contribution in [2.45, 2.75) is 12.6 Å². The van der Waals surface area contributed by atoms with Crippen LogP contribution in [0.5, 0.6) is 0 Å². The van der Waals surface area contributed by atoms with Crippen LogP contribution in [0.3, 0.4) is 0 Å². The largest absolute Gasteiger partial charge is 0.467 e. The van der Waals surface area contributed by atoms with E-state index in [0.29, 0.717) is 30.9 Å². The molecular formula is C13H16N4O3S. The summed E-state index contributed by atoms with van der Waals surface area (Å²) in [6.45, 7) is 1.73. The molecule has 1 aromatic heterocycles. The highest BCUT2D eigenvalue weighted by Crippen LogP contribution is 2.33. The number of rotatable bonds is 1. The maximum absolute atomic E-state index is 12.7. The maximum Gasteiger partial charge on any atom is 0.333 e. The fourth-order valence-corrected chi connectivity index (χ4v) is 3.53. The van der Waals surface area contributed by atoms with Gasteiger partial charge < -0.3 is 14.5 Å². The van der Waals surface area contributed by atoms with Gasteiger partial charge in [0.05, 0.1) is 19.3 Å². The molecule has 1 atom stereocenters. The molecule has 0 aliphatic carbocycles. The molecule has 2 aliphatic rings. The summed E-state index contributed by atoms with van der Waals surface area (Å²) in [6, 6.07) is -0.878. The molecule has 0 aromatic carbocycles. The topological polar surface area (TPSA) is 75.6 Å². The summed E-state index contributed by atoms with van der Waals surface area (Å²) in [7, 11) is 1.32. The molecule has 2 amide bonds. The summed E-state index contributed by atoms with van der Waals surface area (Å²) in [4.78, 5) is 36.2. The first-order valence-corrected chi connectivity index (χ1v) is 7.87. The van der Waals surface area contributed by atoms with Crippen molar-refractivity contribution in [1.82, 2.24) is 19.8 Å². The molecule has 0 radical (unpaired) electrons. The number of nitrogens with zero attached hydrogens (tertiary/aromatic N) is 4. The van der Waals surface area contributed by atoms with Crippen molar-refractivity contribution in [2.24, 2.45) is 0 Å². The summed E-state index contributed by atoms with van der Waals surface area (Å²) in [5.41, 5.74) is 1.37. The van der Waals surface area contributed by atoms with Gasteiger partial charge in [0.2, 0.25) is 0 Å². The molecule has 7 nitrogen and oxygen atoms in total. The molecule has 0 N–H and O–H groups in total. The lowest BCUT2D eigenvalue weighted by Gasteiger charge is -2.32. The Balaban J connectivity index is 1.87. The van der Waals surface area contributed by atoms with Crippen molar-refractivity contribution in [3.8, 4) is 0 Å². The van der Waals surface area contributed by atoms with Crippen molar-refractivity contribution in [1.29, 1.82) is 0 Å². The molecule has 0 spiro atoms. The van der Waals surface area contributed by atoms with E-state index in [9.17, 15) is 9.59 Å². The van der Waals surface area contributed by atoms with Crippen LogP contribution < -0.4 is 0 Å². The molecule has 1 aromatic rings. The SMILES string of the molecule is COC(=O)C1c2cncnc2CN1C(=O)N1CCSCC1. The van der Waals surface area contributed by atoms with E-state index in [1.165, 1.54) is 18.3 Å². The Labute approximate surface area is 126 Å². The highest BCUT2D eigenvalue weighted by Gasteiger charge is 2.42. The van der Waals surface area contributed by atoms with Crippen LogP contribution in [0.25, 0.3) is 0 Å². The number of ether oxygens (including phenoxy) is 1. The lowest BCUT2D eigenvalue weighted by Crippen LogP contribution is -2.47. The standard InChI is InChI=1S/C13H16N4O3S/c1-20-12(18)11-9-6-14-8-15-10(9)7-17(11)13(19)16-2-4-21-5-3-16/h6,8,11H,2-5,7H2,1H3. The Kier molecular flexibility index (Phi) is 3.96. The third-order valence-corrected chi connectivity index (χ3v) is 4.65. The van der Waals surface area contributed by atoms with Crippen LogP contribution in [0.2, 0.25) is 0 Å². The fourth-order valence-electron chi connectivity index (χ4n) is 2.63. The van der Waals surface area contributed by atoms with E-state index in [0.717, 1.165) is 11.5 Å². The number of urea groups is 1. The second-order valence-electron chi connectivity index (χ2n) is 4.86. The fraction of sp³-hybridized carbons (Fsp3) is 0.538. The highest BCUT2D eigenvalue weighted by molar-refractivity contribution is 7.99. The number of esters is 1. The Bertz CT molecular complexity index is 562. The first kappa shape index (κ1) is 14.1. The summed E-state index contributed by atoms with van der Waals surface area (Å²) >= 11 is 1.83. The van der Waals surface area contributed by atoms with E-state index >= 15 is 0 Å². The zero-order valence-corrected chi connectivity index (χ0v) is 12.5. The van der Waals surface area contributed by atoms with Crippen LogP contribution in [0.1, 0.15) is 17.3 Å². The Morgan fingerprint density at radius 1 is 1.38 bits per heavy atom. The van der Waals surface area contributed by atoms with Crippen LogP contribution in [0.15, 0.2) is 12.5 Å². The van der Waals surface area contributed by atoms with Gasteiger partial charge in [0, 0.05) is 36.4 Å². The third kappa shape index (κ3) is 2.55. The molecule has 2 aliphatic heterocycles. The van der Waals surface area contributed by atoms with Crippen LogP contribution in [0, 0.1) is 0 Å². The number of hydrogen-bond donors (Lipinski definition) is 0. The van der Waals surface area contributed by atoms with Crippen molar-refractivity contribution in [3.63, 3.8) is 0 Å². The van der Waals surface area contributed by atoms with E-state index in [2.05, 4.69) is 9.97 Å². The summed E-state index contributed by atoms with van der Waals surface area (Å²) < 4.78 is 4.85. The Morgan fingerprint density at radius 2 is 2.14 bits per heavy atom. The average molecular weight is 308 g/mol. The molecule has 1 fully saturated rings. The van der Waals surface area contributed by atoms with E-state index in [-0.39, 0.29) is 6.03 Å². The van der Waals surface area contributed by atoms with E-state index in [4.69, 9.17) is 4.74 Å². The van der Waals surface area contributed by atoms with E-state index in [1.54, 1.807) is 11.1 Å². The van der Waals surface area contributed by atoms with Crippen molar-refractivity contribution in [3.05, 3.63) is 23.8 Å².